The summed E-state index contributed by atoms with van der Waals surface area (Å²) in [7, 11) is 0. The molecule has 0 aliphatic heterocycles. The van der Waals surface area contributed by atoms with Crippen molar-refractivity contribution in [2.75, 3.05) is 6.54 Å². The van der Waals surface area contributed by atoms with Crippen LogP contribution in [0.2, 0.25) is 0 Å². The number of hydrogen-bond donors (Lipinski definition) is 1. The topological polar surface area (TPSA) is 37.8 Å². The lowest BCUT2D eigenvalue weighted by molar-refractivity contribution is 0.715. The number of nitrogens with zero attached hydrogens (tertiary/aromatic N) is 2. The minimum absolute atomic E-state index is 0.780. The molecule has 90 valence electrons. The molecule has 1 heterocycles. The molecule has 17 heavy (non-hydrogen) atoms. The Hall–Kier alpha value is -0.300. The fourth-order valence-electron chi connectivity index (χ4n) is 1.33. The molecule has 0 unspecified atom stereocenters. The molecule has 0 spiro atoms. The van der Waals surface area contributed by atoms with Gasteiger partial charge in [-0.3, -0.25) is 0 Å². The third kappa shape index (κ3) is 3.34. The summed E-state index contributed by atoms with van der Waals surface area (Å²) >= 11 is 8.59. The molecule has 0 saturated carbocycles. The average Bonchev–Trinajstić information content (AvgIpc) is 2.75. The summed E-state index contributed by atoms with van der Waals surface area (Å²) in [5.41, 5.74) is 1.08. The van der Waals surface area contributed by atoms with Gasteiger partial charge >= 0.3 is 0 Å². The standard InChI is InChI=1S/C11H11Br2N3S/c1-2-14-6-10-15-16-11(17-10)8-4-3-7(12)5-9(8)13/h3-5,14H,2,6H2,1H3. The second-order valence-corrected chi connectivity index (χ2v) is 6.24. The lowest BCUT2D eigenvalue weighted by atomic mass is 10.2. The maximum Gasteiger partial charge on any atom is 0.148 e. The predicted molar refractivity (Wildman–Crippen MR) is 78.1 cm³/mol. The largest absolute Gasteiger partial charge is 0.311 e. The van der Waals surface area contributed by atoms with Gasteiger partial charge in [0.05, 0.1) is 0 Å². The predicted octanol–water partition coefficient (Wildman–Crippen LogP) is 3.84. The third-order valence-corrected chi connectivity index (χ3v) is 4.26. The molecular weight excluding hydrogens is 366 g/mol. The molecule has 1 aromatic heterocycles. The second kappa shape index (κ2) is 6.04. The minimum atomic E-state index is 0.780. The van der Waals surface area contributed by atoms with Crippen LogP contribution in [0.3, 0.4) is 0 Å². The van der Waals surface area contributed by atoms with Crippen molar-refractivity contribution in [2.45, 2.75) is 13.5 Å². The number of aromatic nitrogens is 2. The van der Waals surface area contributed by atoms with E-state index in [2.05, 4.69) is 54.3 Å². The van der Waals surface area contributed by atoms with E-state index < -0.39 is 0 Å². The van der Waals surface area contributed by atoms with Gasteiger partial charge in [-0.05, 0) is 24.7 Å². The van der Waals surface area contributed by atoms with Crippen molar-refractivity contribution in [1.82, 2.24) is 15.5 Å². The molecule has 1 N–H and O–H groups in total. The summed E-state index contributed by atoms with van der Waals surface area (Å²) in [4.78, 5) is 0. The van der Waals surface area contributed by atoms with Gasteiger partial charge in [0.1, 0.15) is 10.0 Å². The van der Waals surface area contributed by atoms with E-state index in [9.17, 15) is 0 Å². The van der Waals surface area contributed by atoms with Gasteiger partial charge in [0.25, 0.3) is 0 Å². The molecule has 0 aliphatic carbocycles. The van der Waals surface area contributed by atoms with Crippen molar-refractivity contribution in [3.8, 4) is 10.6 Å². The van der Waals surface area contributed by atoms with Crippen LogP contribution in [0, 0.1) is 0 Å². The van der Waals surface area contributed by atoms with Crippen molar-refractivity contribution in [2.24, 2.45) is 0 Å². The smallest absolute Gasteiger partial charge is 0.148 e. The Morgan fingerprint density at radius 1 is 1.29 bits per heavy atom. The van der Waals surface area contributed by atoms with Crippen LogP contribution in [-0.2, 0) is 6.54 Å². The monoisotopic (exact) mass is 375 g/mol. The number of halogens is 2. The highest BCUT2D eigenvalue weighted by Gasteiger charge is 2.09. The number of rotatable bonds is 4. The highest BCUT2D eigenvalue weighted by Crippen LogP contribution is 2.32. The first-order valence-corrected chi connectivity index (χ1v) is 7.59. The van der Waals surface area contributed by atoms with Crippen LogP contribution < -0.4 is 5.32 Å². The Balaban J connectivity index is 2.24. The van der Waals surface area contributed by atoms with Crippen LogP contribution in [0.1, 0.15) is 11.9 Å². The van der Waals surface area contributed by atoms with Crippen LogP contribution in [0.15, 0.2) is 27.1 Å². The summed E-state index contributed by atoms with van der Waals surface area (Å²) in [6.45, 7) is 3.80. The van der Waals surface area contributed by atoms with Gasteiger partial charge in [-0.2, -0.15) is 0 Å². The molecule has 2 rings (SSSR count). The zero-order valence-electron chi connectivity index (χ0n) is 9.20. The molecule has 6 heteroatoms. The lowest BCUT2D eigenvalue weighted by Gasteiger charge is -1.99. The van der Waals surface area contributed by atoms with Gasteiger partial charge in [-0.25, -0.2) is 0 Å². The fourth-order valence-corrected chi connectivity index (χ4v) is 3.54. The van der Waals surface area contributed by atoms with E-state index in [-0.39, 0.29) is 0 Å². The van der Waals surface area contributed by atoms with Crippen molar-refractivity contribution in [3.63, 3.8) is 0 Å². The number of nitrogens with one attached hydrogen (secondary N) is 1. The first-order valence-electron chi connectivity index (χ1n) is 5.19. The van der Waals surface area contributed by atoms with Crippen LogP contribution in [0.25, 0.3) is 10.6 Å². The summed E-state index contributed by atoms with van der Waals surface area (Å²) in [6, 6.07) is 6.05. The highest BCUT2D eigenvalue weighted by molar-refractivity contribution is 9.11. The quantitative estimate of drug-likeness (QED) is 0.880. The van der Waals surface area contributed by atoms with Crippen molar-refractivity contribution in [1.29, 1.82) is 0 Å². The van der Waals surface area contributed by atoms with E-state index in [1.54, 1.807) is 11.3 Å². The van der Waals surface area contributed by atoms with E-state index in [0.29, 0.717) is 0 Å². The molecule has 0 atom stereocenters. The molecule has 0 amide bonds. The molecular formula is C11H11Br2N3S. The maximum absolute atomic E-state index is 4.21. The minimum Gasteiger partial charge on any atom is -0.311 e. The van der Waals surface area contributed by atoms with E-state index in [1.165, 1.54) is 0 Å². The summed E-state index contributed by atoms with van der Waals surface area (Å²) < 4.78 is 2.07. The summed E-state index contributed by atoms with van der Waals surface area (Å²) in [5.74, 6) is 0. The van der Waals surface area contributed by atoms with E-state index >= 15 is 0 Å². The Labute approximate surface area is 121 Å². The van der Waals surface area contributed by atoms with Gasteiger partial charge in [0, 0.05) is 21.1 Å². The average molecular weight is 377 g/mol. The van der Waals surface area contributed by atoms with Crippen molar-refractivity contribution in [3.05, 3.63) is 32.2 Å². The Morgan fingerprint density at radius 2 is 2.12 bits per heavy atom. The molecule has 3 nitrogen and oxygen atoms in total. The first kappa shape index (κ1) is 13.1. The third-order valence-electron chi connectivity index (χ3n) is 2.15. The van der Waals surface area contributed by atoms with Crippen molar-refractivity contribution >= 4 is 43.2 Å². The highest BCUT2D eigenvalue weighted by atomic mass is 79.9. The molecule has 0 radical (unpaired) electrons. The SMILES string of the molecule is CCNCc1nnc(-c2ccc(Br)cc2Br)s1. The van der Waals surface area contributed by atoms with E-state index in [1.807, 2.05) is 18.2 Å². The zero-order valence-corrected chi connectivity index (χ0v) is 13.2. The van der Waals surface area contributed by atoms with Gasteiger partial charge in [-0.1, -0.05) is 50.1 Å². The zero-order chi connectivity index (χ0) is 12.3. The van der Waals surface area contributed by atoms with Gasteiger partial charge in [0.2, 0.25) is 0 Å². The van der Waals surface area contributed by atoms with Crippen LogP contribution in [-0.4, -0.2) is 16.7 Å². The van der Waals surface area contributed by atoms with Crippen LogP contribution in [0.4, 0.5) is 0 Å². The second-order valence-electron chi connectivity index (χ2n) is 3.41. The van der Waals surface area contributed by atoms with Crippen LogP contribution in [0.5, 0.6) is 0 Å². The van der Waals surface area contributed by atoms with Gasteiger partial charge in [-0.15, -0.1) is 10.2 Å². The summed E-state index contributed by atoms with van der Waals surface area (Å²) in [6.07, 6.45) is 0. The Kier molecular flexibility index (Phi) is 4.67. The molecule has 1 aromatic carbocycles. The Morgan fingerprint density at radius 3 is 2.82 bits per heavy atom. The molecule has 0 saturated heterocycles. The normalized spacial score (nSPS) is 10.8. The first-order chi connectivity index (χ1) is 8.20. The van der Waals surface area contributed by atoms with Gasteiger partial charge < -0.3 is 5.32 Å². The van der Waals surface area contributed by atoms with E-state index in [0.717, 1.165) is 37.6 Å². The Bertz CT molecular complexity index is 513. The molecule has 2 aromatic rings. The van der Waals surface area contributed by atoms with Crippen LogP contribution >= 0.6 is 43.2 Å². The van der Waals surface area contributed by atoms with E-state index in [4.69, 9.17) is 0 Å². The molecule has 0 fully saturated rings. The van der Waals surface area contributed by atoms with Crippen molar-refractivity contribution < 1.29 is 0 Å². The number of hydrogen-bond acceptors (Lipinski definition) is 4. The van der Waals surface area contributed by atoms with Gasteiger partial charge in [0.15, 0.2) is 0 Å². The molecule has 0 aliphatic rings. The summed E-state index contributed by atoms with van der Waals surface area (Å²) in [5, 5.41) is 13.6. The number of benzene rings is 1. The lowest BCUT2D eigenvalue weighted by Crippen LogP contribution is -2.11. The maximum atomic E-state index is 4.21. The fraction of sp³-hybridized carbons (Fsp3) is 0.273. The molecule has 0 bridgehead atoms.